The van der Waals surface area contributed by atoms with Crippen LogP contribution in [0.25, 0.3) is 23.1 Å². The number of aryl methyl sites for hydroxylation is 1. The van der Waals surface area contributed by atoms with Crippen LogP contribution in [0.3, 0.4) is 0 Å². The van der Waals surface area contributed by atoms with Crippen molar-refractivity contribution in [1.82, 2.24) is 4.98 Å². The molecule has 0 radical (unpaired) electrons. The van der Waals surface area contributed by atoms with E-state index in [0.29, 0.717) is 17.0 Å². The number of carbonyl (C=O) groups excluding carboxylic acids is 1. The van der Waals surface area contributed by atoms with Gasteiger partial charge in [-0.2, -0.15) is 11.8 Å². The highest BCUT2D eigenvalue weighted by molar-refractivity contribution is 7.99. The molecule has 2 N–H and O–H groups in total. The van der Waals surface area contributed by atoms with Gasteiger partial charge >= 0.3 is 5.97 Å². The number of fused-ring (bicyclic) bond motifs is 1. The van der Waals surface area contributed by atoms with E-state index in [0.717, 1.165) is 59.2 Å². The van der Waals surface area contributed by atoms with E-state index in [4.69, 9.17) is 21.3 Å². The number of methoxy groups -OCH3 is 1. The number of benzene rings is 3. The minimum absolute atomic E-state index is 0.0107. The number of rotatable bonds is 12. The second kappa shape index (κ2) is 13.2. The Morgan fingerprint density at radius 1 is 1.05 bits per heavy atom. The number of carbonyl (C=O) groups is 1. The first-order chi connectivity index (χ1) is 19.8. The Morgan fingerprint density at radius 2 is 1.85 bits per heavy atom. The fourth-order valence-electron chi connectivity index (χ4n) is 5.17. The SMILES string of the molecule is COC(=O)c1ccccc1CC[C@@H](SCC1(CC(O)O)CC1)c1cccc(/C=C/c2ccc3ccc(Cl)cc3n2)c1. The molecule has 41 heavy (non-hydrogen) atoms. The van der Waals surface area contributed by atoms with Crippen LogP contribution >= 0.6 is 23.4 Å². The van der Waals surface area contributed by atoms with Crippen LogP contribution in [0.1, 0.15) is 63.7 Å². The number of hydrogen-bond acceptors (Lipinski definition) is 6. The lowest BCUT2D eigenvalue weighted by Crippen LogP contribution is -2.16. The quantitative estimate of drug-likeness (QED) is 0.130. The summed E-state index contributed by atoms with van der Waals surface area (Å²) in [4.78, 5) is 17.1. The predicted octanol–water partition coefficient (Wildman–Crippen LogP) is 7.73. The Morgan fingerprint density at radius 3 is 2.63 bits per heavy atom. The summed E-state index contributed by atoms with van der Waals surface area (Å²) < 4.78 is 5.00. The van der Waals surface area contributed by atoms with Gasteiger partial charge in [-0.25, -0.2) is 9.78 Å². The molecule has 0 unspecified atom stereocenters. The Bertz CT molecular complexity index is 1550. The molecule has 0 amide bonds. The number of nitrogens with zero attached hydrogens (tertiary/aromatic N) is 1. The number of pyridine rings is 1. The van der Waals surface area contributed by atoms with Gasteiger partial charge in [0, 0.05) is 22.1 Å². The van der Waals surface area contributed by atoms with Gasteiger partial charge in [0.05, 0.1) is 23.9 Å². The van der Waals surface area contributed by atoms with E-state index >= 15 is 0 Å². The molecule has 0 aliphatic heterocycles. The predicted molar refractivity (Wildman–Crippen MR) is 168 cm³/mol. The zero-order valence-corrected chi connectivity index (χ0v) is 24.6. The van der Waals surface area contributed by atoms with Crippen molar-refractivity contribution in [1.29, 1.82) is 0 Å². The van der Waals surface area contributed by atoms with Gasteiger partial charge in [-0.05, 0) is 83.9 Å². The maximum Gasteiger partial charge on any atom is 0.338 e. The summed E-state index contributed by atoms with van der Waals surface area (Å²) >= 11 is 8.03. The summed E-state index contributed by atoms with van der Waals surface area (Å²) in [6.45, 7) is 0. The summed E-state index contributed by atoms with van der Waals surface area (Å²) in [5, 5.41) is 21.1. The van der Waals surface area contributed by atoms with E-state index < -0.39 is 6.29 Å². The first-order valence-corrected chi connectivity index (χ1v) is 15.3. The number of halogens is 1. The molecule has 0 bridgehead atoms. The van der Waals surface area contributed by atoms with Gasteiger partial charge in [0.15, 0.2) is 6.29 Å². The molecule has 7 heteroatoms. The lowest BCUT2D eigenvalue weighted by Gasteiger charge is -2.22. The number of aromatic nitrogens is 1. The van der Waals surface area contributed by atoms with E-state index in [1.54, 1.807) is 0 Å². The van der Waals surface area contributed by atoms with Crippen molar-refractivity contribution in [3.8, 4) is 0 Å². The third-order valence-corrected chi connectivity index (χ3v) is 9.59. The molecule has 0 saturated heterocycles. The summed E-state index contributed by atoms with van der Waals surface area (Å²) in [6, 6.07) is 25.9. The molecule has 1 atom stereocenters. The maximum absolute atomic E-state index is 12.3. The molecule has 212 valence electrons. The molecule has 1 fully saturated rings. The molecule has 1 heterocycles. The van der Waals surface area contributed by atoms with Crippen molar-refractivity contribution in [2.24, 2.45) is 5.41 Å². The molecule has 1 saturated carbocycles. The second-order valence-electron chi connectivity index (χ2n) is 10.7. The highest BCUT2D eigenvalue weighted by Crippen LogP contribution is 2.53. The molecule has 1 aliphatic carbocycles. The summed E-state index contributed by atoms with van der Waals surface area (Å²) in [7, 11) is 1.41. The highest BCUT2D eigenvalue weighted by Gasteiger charge is 2.44. The van der Waals surface area contributed by atoms with Crippen LogP contribution in [-0.4, -0.2) is 40.3 Å². The van der Waals surface area contributed by atoms with E-state index in [2.05, 4.69) is 30.3 Å². The van der Waals surface area contributed by atoms with Gasteiger partial charge in [0.2, 0.25) is 0 Å². The second-order valence-corrected chi connectivity index (χ2v) is 12.4. The molecule has 5 nitrogen and oxygen atoms in total. The number of ether oxygens (including phenoxy) is 1. The van der Waals surface area contributed by atoms with Crippen LogP contribution in [0.15, 0.2) is 78.9 Å². The third-order valence-electron chi connectivity index (χ3n) is 7.67. The number of aliphatic hydroxyl groups excluding tert-OH is 1. The highest BCUT2D eigenvalue weighted by atomic mass is 35.5. The summed E-state index contributed by atoms with van der Waals surface area (Å²) in [6.07, 6.45) is 6.79. The number of hydrogen-bond donors (Lipinski definition) is 2. The monoisotopic (exact) mass is 587 g/mol. The zero-order valence-electron chi connectivity index (χ0n) is 23.0. The largest absolute Gasteiger partial charge is 0.465 e. The fraction of sp³-hybridized carbons (Fsp3) is 0.294. The standard InChI is InChI=1S/C34H34ClNO4S/c1-40-33(39)29-8-3-2-6-24(29)12-16-31(41-22-34(17-18-34)21-32(37)38)26-7-4-5-23(19-26)9-14-28-15-11-25-10-13-27(35)20-30(25)36-28/h2-11,13-15,19-20,31-32,37-38H,12,16-18,21-22H2,1H3/b14-9+/t31-/m1/s1. The van der Waals surface area contributed by atoms with Crippen LogP contribution in [0.4, 0.5) is 0 Å². The lowest BCUT2D eigenvalue weighted by molar-refractivity contribution is -0.0568. The van der Waals surface area contributed by atoms with Crippen molar-refractivity contribution in [3.63, 3.8) is 0 Å². The molecule has 1 aromatic heterocycles. The molecule has 4 aromatic rings. The Hall–Kier alpha value is -3.16. The van der Waals surface area contributed by atoms with E-state index in [1.807, 2.05) is 72.4 Å². The van der Waals surface area contributed by atoms with Crippen molar-refractivity contribution in [2.75, 3.05) is 12.9 Å². The molecular formula is C34H34ClNO4S. The number of thioether (sulfide) groups is 1. The Kier molecular flexibility index (Phi) is 9.46. The van der Waals surface area contributed by atoms with Gasteiger partial charge in [-0.1, -0.05) is 72.3 Å². The van der Waals surface area contributed by atoms with Crippen LogP contribution in [0.2, 0.25) is 5.02 Å². The Labute approximate surface area is 250 Å². The van der Waals surface area contributed by atoms with Crippen molar-refractivity contribution < 1.29 is 19.7 Å². The van der Waals surface area contributed by atoms with Crippen LogP contribution in [0.5, 0.6) is 0 Å². The first kappa shape index (κ1) is 29.3. The fourth-order valence-corrected chi connectivity index (χ4v) is 6.92. The van der Waals surface area contributed by atoms with Crippen LogP contribution in [-0.2, 0) is 11.2 Å². The average Bonchev–Trinajstić information content (AvgIpc) is 3.74. The van der Waals surface area contributed by atoms with Crippen LogP contribution < -0.4 is 0 Å². The summed E-state index contributed by atoms with van der Waals surface area (Å²) in [5.41, 5.74) is 5.54. The Balaban J connectivity index is 1.36. The third kappa shape index (κ3) is 7.77. The van der Waals surface area contributed by atoms with Gasteiger partial charge in [-0.3, -0.25) is 0 Å². The van der Waals surface area contributed by atoms with Gasteiger partial charge in [-0.15, -0.1) is 0 Å². The minimum Gasteiger partial charge on any atom is -0.465 e. The first-order valence-electron chi connectivity index (χ1n) is 13.8. The topological polar surface area (TPSA) is 79.7 Å². The molecular weight excluding hydrogens is 554 g/mol. The lowest BCUT2D eigenvalue weighted by atomic mass is 9.98. The van der Waals surface area contributed by atoms with Gasteiger partial charge < -0.3 is 14.9 Å². The summed E-state index contributed by atoms with van der Waals surface area (Å²) in [5.74, 6) is 0.535. The van der Waals surface area contributed by atoms with Gasteiger partial charge in [0.1, 0.15) is 0 Å². The number of aliphatic hydroxyl groups is 2. The average molecular weight is 588 g/mol. The van der Waals surface area contributed by atoms with Crippen molar-refractivity contribution >= 4 is 52.4 Å². The zero-order chi connectivity index (χ0) is 28.8. The van der Waals surface area contributed by atoms with Crippen molar-refractivity contribution in [3.05, 3.63) is 112 Å². The van der Waals surface area contributed by atoms with Gasteiger partial charge in [0.25, 0.3) is 0 Å². The smallest absolute Gasteiger partial charge is 0.338 e. The van der Waals surface area contributed by atoms with E-state index in [9.17, 15) is 15.0 Å². The molecule has 0 spiro atoms. The maximum atomic E-state index is 12.3. The van der Waals surface area contributed by atoms with Crippen molar-refractivity contribution in [2.45, 2.75) is 43.6 Å². The minimum atomic E-state index is -1.28. The van der Waals surface area contributed by atoms with Crippen LogP contribution in [0, 0.1) is 5.41 Å². The normalized spacial score (nSPS) is 15.0. The number of esters is 1. The molecule has 1 aliphatic rings. The van der Waals surface area contributed by atoms with E-state index in [1.165, 1.54) is 12.7 Å². The molecule has 3 aromatic carbocycles. The van der Waals surface area contributed by atoms with E-state index in [-0.39, 0.29) is 16.6 Å². The molecule has 5 rings (SSSR count).